The Morgan fingerprint density at radius 3 is 2.97 bits per heavy atom. The molecule has 1 aromatic carbocycles. The summed E-state index contributed by atoms with van der Waals surface area (Å²) >= 11 is 0. The van der Waals surface area contributed by atoms with Crippen molar-refractivity contribution in [3.8, 4) is 0 Å². The summed E-state index contributed by atoms with van der Waals surface area (Å²) in [6, 6.07) is 4.18. The number of piperidine rings is 1. The lowest BCUT2D eigenvalue weighted by molar-refractivity contribution is 0.0591. The van der Waals surface area contributed by atoms with Gasteiger partial charge in [0.05, 0.1) is 29.2 Å². The van der Waals surface area contributed by atoms with Crippen molar-refractivity contribution in [2.45, 2.75) is 19.4 Å². The highest BCUT2D eigenvalue weighted by Gasteiger charge is 2.45. The van der Waals surface area contributed by atoms with Crippen LogP contribution >= 0.6 is 0 Å². The van der Waals surface area contributed by atoms with Crippen LogP contribution in [0.25, 0.3) is 0 Å². The number of benzene rings is 1. The van der Waals surface area contributed by atoms with Crippen molar-refractivity contribution in [3.05, 3.63) is 47.7 Å². The Hall–Kier alpha value is -3.36. The predicted octanol–water partition coefficient (Wildman–Crippen LogP) is 2.32. The number of hydrazone groups is 1. The fourth-order valence-corrected chi connectivity index (χ4v) is 4.02. The van der Waals surface area contributed by atoms with Crippen LogP contribution in [0.1, 0.15) is 22.5 Å². The quantitative estimate of drug-likeness (QED) is 0.598. The molecule has 0 aliphatic carbocycles. The number of likely N-dealkylation sites (tertiary alicyclic amines) is 1. The number of hydrogen-bond donors (Lipinski definition) is 2. The highest BCUT2D eigenvalue weighted by atomic mass is 19.1. The van der Waals surface area contributed by atoms with Gasteiger partial charge in [-0.2, -0.15) is 5.10 Å². The summed E-state index contributed by atoms with van der Waals surface area (Å²) in [5.41, 5.74) is 4.17. The topological polar surface area (TPSA) is 97.6 Å². The molecule has 2 saturated heterocycles. The lowest BCUT2D eigenvalue weighted by Crippen LogP contribution is -2.65. The minimum Gasteiger partial charge on any atom is -0.350 e. The monoisotopic (exact) mass is 395 g/mol. The van der Waals surface area contributed by atoms with E-state index in [-0.39, 0.29) is 17.6 Å². The van der Waals surface area contributed by atoms with E-state index in [1.54, 1.807) is 17.3 Å². The second kappa shape index (κ2) is 7.94. The Balaban J connectivity index is 1.52. The van der Waals surface area contributed by atoms with Crippen molar-refractivity contribution < 1.29 is 9.18 Å². The molecule has 9 heteroatoms. The number of hydrogen-bond acceptors (Lipinski definition) is 7. The molecule has 8 nitrogen and oxygen atoms in total. The number of nitrogens with zero attached hydrogens (tertiary/aromatic N) is 5. The van der Waals surface area contributed by atoms with Crippen LogP contribution in [0.3, 0.4) is 0 Å². The van der Waals surface area contributed by atoms with E-state index in [1.807, 2.05) is 6.92 Å². The summed E-state index contributed by atoms with van der Waals surface area (Å²) in [5.74, 6) is 0.770. The van der Waals surface area contributed by atoms with E-state index < -0.39 is 5.82 Å². The van der Waals surface area contributed by atoms with Crippen molar-refractivity contribution in [2.24, 2.45) is 11.0 Å². The molecule has 2 unspecified atom stereocenters. The third-order valence-corrected chi connectivity index (χ3v) is 5.51. The molecule has 29 heavy (non-hydrogen) atoms. The number of fused-ring (bicyclic) bond motifs is 1. The zero-order chi connectivity index (χ0) is 20.4. The third-order valence-electron chi connectivity index (χ3n) is 5.51. The Morgan fingerprint density at radius 2 is 2.17 bits per heavy atom. The second-order valence-electron chi connectivity index (χ2n) is 7.23. The van der Waals surface area contributed by atoms with Crippen LogP contribution in [0.4, 0.5) is 15.9 Å². The minimum absolute atomic E-state index is 0.168. The van der Waals surface area contributed by atoms with Gasteiger partial charge in [-0.15, -0.1) is 0 Å². The first-order chi connectivity index (χ1) is 14.1. The molecular weight excluding hydrogens is 373 g/mol. The van der Waals surface area contributed by atoms with Gasteiger partial charge in [0.15, 0.2) is 0 Å². The summed E-state index contributed by atoms with van der Waals surface area (Å²) in [7, 11) is 0. The number of amides is 1. The highest BCUT2D eigenvalue weighted by Crippen LogP contribution is 2.37. The summed E-state index contributed by atoms with van der Waals surface area (Å²) < 4.78 is 13.7. The first kappa shape index (κ1) is 19.0. The van der Waals surface area contributed by atoms with Gasteiger partial charge in [-0.3, -0.25) is 15.2 Å². The lowest BCUT2D eigenvalue weighted by atomic mass is 9.82. The number of halogens is 1. The number of aryl methyl sites for hydroxylation is 1. The molecule has 0 radical (unpaired) electrons. The first-order valence-electron chi connectivity index (χ1n) is 9.49. The maximum absolute atomic E-state index is 13.7. The Bertz CT molecular complexity index is 964. The Kier molecular flexibility index (Phi) is 5.20. The molecule has 150 valence electrons. The van der Waals surface area contributed by atoms with Crippen molar-refractivity contribution in [2.75, 3.05) is 30.0 Å². The van der Waals surface area contributed by atoms with E-state index >= 15 is 0 Å². The van der Waals surface area contributed by atoms with Crippen LogP contribution < -0.4 is 10.3 Å². The molecular formula is C20H22FN7O. The van der Waals surface area contributed by atoms with Gasteiger partial charge >= 0.3 is 0 Å². The van der Waals surface area contributed by atoms with Gasteiger partial charge in [-0.1, -0.05) is 0 Å². The smallest absolute Gasteiger partial charge is 0.256 e. The maximum Gasteiger partial charge on any atom is 0.256 e. The zero-order valence-electron chi connectivity index (χ0n) is 16.0. The number of nitrogens with one attached hydrogen (secondary N) is 2. The van der Waals surface area contributed by atoms with E-state index in [0.717, 1.165) is 30.7 Å². The fourth-order valence-electron chi connectivity index (χ4n) is 4.02. The van der Waals surface area contributed by atoms with Crippen LogP contribution in [-0.4, -0.2) is 58.9 Å². The van der Waals surface area contributed by atoms with Crippen molar-refractivity contribution >= 4 is 29.8 Å². The van der Waals surface area contributed by atoms with Gasteiger partial charge in [-0.25, -0.2) is 9.37 Å². The summed E-state index contributed by atoms with van der Waals surface area (Å²) in [6.07, 6.45) is 6.50. The first-order valence-corrected chi connectivity index (χ1v) is 9.49. The van der Waals surface area contributed by atoms with Crippen LogP contribution in [0.5, 0.6) is 0 Å². The largest absolute Gasteiger partial charge is 0.350 e. The van der Waals surface area contributed by atoms with E-state index in [1.165, 1.54) is 24.4 Å². The Labute approximate surface area is 168 Å². The van der Waals surface area contributed by atoms with Gasteiger partial charge in [0.25, 0.3) is 5.91 Å². The highest BCUT2D eigenvalue weighted by molar-refractivity contribution is 6.14. The average molecular weight is 395 g/mol. The standard InChI is InChI=1S/C20H22FN7O/c1-13-19(24-8-7-23-13)28-11-14-4-9-27(12-18(14)28)20(29)16-3-2-15(21)10-17(16)26-25-6-5-22/h2-3,5-8,10,14,18,22,26H,4,9,11-12H2,1H3/b22-5?,25-6-. The molecule has 0 saturated carbocycles. The van der Waals surface area contributed by atoms with E-state index in [2.05, 4.69) is 25.4 Å². The maximum atomic E-state index is 13.7. The summed E-state index contributed by atoms with van der Waals surface area (Å²) in [5, 5.41) is 10.8. The van der Waals surface area contributed by atoms with Crippen molar-refractivity contribution in [3.63, 3.8) is 0 Å². The zero-order valence-corrected chi connectivity index (χ0v) is 16.0. The SMILES string of the molecule is Cc1nccnc1N1CC2CCN(C(=O)c3ccc(F)cc3N/N=C\C=N)CC21. The number of carbonyl (C=O) groups excluding carboxylic acids is 1. The normalized spacial score (nSPS) is 20.9. The molecule has 2 aromatic rings. The molecule has 2 N–H and O–H groups in total. The molecule has 2 aliphatic rings. The minimum atomic E-state index is -0.462. The molecule has 4 rings (SSSR count). The van der Waals surface area contributed by atoms with E-state index in [0.29, 0.717) is 24.6 Å². The molecule has 3 heterocycles. The number of carbonyl (C=O) groups is 1. The van der Waals surface area contributed by atoms with Gasteiger partial charge < -0.3 is 15.2 Å². The second-order valence-corrected chi connectivity index (χ2v) is 7.23. The van der Waals surface area contributed by atoms with Crippen LogP contribution in [0.15, 0.2) is 35.7 Å². The van der Waals surface area contributed by atoms with Crippen molar-refractivity contribution in [1.82, 2.24) is 14.9 Å². The molecule has 0 bridgehead atoms. The predicted molar refractivity (Wildman–Crippen MR) is 109 cm³/mol. The number of rotatable bonds is 5. The molecule has 2 fully saturated rings. The van der Waals surface area contributed by atoms with Gasteiger partial charge in [-0.05, 0) is 31.5 Å². The van der Waals surface area contributed by atoms with Crippen LogP contribution in [0, 0.1) is 24.1 Å². The van der Waals surface area contributed by atoms with Crippen LogP contribution in [-0.2, 0) is 0 Å². The molecule has 2 atom stereocenters. The molecule has 2 aliphatic heterocycles. The van der Waals surface area contributed by atoms with Crippen molar-refractivity contribution in [1.29, 1.82) is 5.41 Å². The average Bonchev–Trinajstić information content (AvgIpc) is 2.70. The van der Waals surface area contributed by atoms with E-state index in [9.17, 15) is 9.18 Å². The third kappa shape index (κ3) is 3.67. The van der Waals surface area contributed by atoms with Gasteiger partial charge in [0, 0.05) is 44.2 Å². The lowest BCUT2D eigenvalue weighted by Gasteiger charge is -2.54. The molecule has 1 amide bonds. The number of anilines is 2. The van der Waals surface area contributed by atoms with Crippen LogP contribution in [0.2, 0.25) is 0 Å². The van der Waals surface area contributed by atoms with Gasteiger partial charge in [0.1, 0.15) is 11.6 Å². The summed E-state index contributed by atoms with van der Waals surface area (Å²) in [6.45, 7) is 4.11. The van der Waals surface area contributed by atoms with E-state index in [4.69, 9.17) is 5.41 Å². The Morgan fingerprint density at radius 1 is 1.34 bits per heavy atom. The summed E-state index contributed by atoms with van der Waals surface area (Å²) in [4.78, 5) is 26.0. The van der Waals surface area contributed by atoms with Gasteiger partial charge in [0.2, 0.25) is 0 Å². The molecule has 0 spiro atoms. The fraction of sp³-hybridized carbons (Fsp3) is 0.350. The molecule has 1 aromatic heterocycles. The number of aromatic nitrogens is 2.